The van der Waals surface area contributed by atoms with Gasteiger partial charge in [-0.1, -0.05) is 17.7 Å². The molecule has 0 radical (unpaired) electrons. The molecule has 0 saturated heterocycles. The smallest absolute Gasteiger partial charge is 0.220 e. The van der Waals surface area contributed by atoms with Gasteiger partial charge < -0.3 is 14.8 Å². The SMILES string of the molecule is CC(=O)c1ccc(OCCCC(=O)NCCOc2ccc(C)cc2)cc1. The molecule has 26 heavy (non-hydrogen) atoms. The van der Waals surface area contributed by atoms with E-state index in [2.05, 4.69) is 5.32 Å². The Morgan fingerprint density at radius 1 is 0.885 bits per heavy atom. The van der Waals surface area contributed by atoms with Gasteiger partial charge in [0.25, 0.3) is 0 Å². The van der Waals surface area contributed by atoms with Crippen LogP contribution in [0.2, 0.25) is 0 Å². The number of hydrogen-bond donors (Lipinski definition) is 1. The Kier molecular flexibility index (Phi) is 7.68. The lowest BCUT2D eigenvalue weighted by molar-refractivity contribution is -0.121. The first kappa shape index (κ1) is 19.5. The fourth-order valence-electron chi connectivity index (χ4n) is 2.29. The summed E-state index contributed by atoms with van der Waals surface area (Å²) in [6.45, 7) is 4.91. The van der Waals surface area contributed by atoms with Gasteiger partial charge in [0.15, 0.2) is 5.78 Å². The van der Waals surface area contributed by atoms with Crippen LogP contribution in [0.5, 0.6) is 11.5 Å². The molecule has 0 bridgehead atoms. The second-order valence-corrected chi connectivity index (χ2v) is 6.04. The van der Waals surface area contributed by atoms with Crippen molar-refractivity contribution in [3.8, 4) is 11.5 Å². The average molecular weight is 355 g/mol. The van der Waals surface area contributed by atoms with Gasteiger partial charge in [0.1, 0.15) is 18.1 Å². The Labute approximate surface area is 154 Å². The number of ether oxygens (including phenoxy) is 2. The van der Waals surface area contributed by atoms with E-state index in [0.29, 0.717) is 43.9 Å². The standard InChI is InChI=1S/C21H25NO4/c1-16-5-9-19(10-6-16)26-15-13-22-21(24)4-3-14-25-20-11-7-18(8-12-20)17(2)23/h5-12H,3-4,13-15H2,1-2H3,(H,22,24). The van der Waals surface area contributed by atoms with Crippen molar-refractivity contribution in [3.05, 3.63) is 59.7 Å². The number of ketones is 1. The summed E-state index contributed by atoms with van der Waals surface area (Å²) >= 11 is 0. The Morgan fingerprint density at radius 3 is 2.08 bits per heavy atom. The lowest BCUT2D eigenvalue weighted by Crippen LogP contribution is -2.28. The van der Waals surface area contributed by atoms with Crippen molar-refractivity contribution >= 4 is 11.7 Å². The third-order valence-corrected chi connectivity index (χ3v) is 3.79. The number of carbonyl (C=O) groups is 2. The van der Waals surface area contributed by atoms with Crippen molar-refractivity contribution in [1.29, 1.82) is 0 Å². The van der Waals surface area contributed by atoms with E-state index in [0.717, 1.165) is 5.75 Å². The van der Waals surface area contributed by atoms with Gasteiger partial charge in [0.05, 0.1) is 13.2 Å². The molecule has 0 aliphatic carbocycles. The van der Waals surface area contributed by atoms with Crippen LogP contribution in [0, 0.1) is 6.92 Å². The molecular weight excluding hydrogens is 330 g/mol. The van der Waals surface area contributed by atoms with Gasteiger partial charge in [-0.3, -0.25) is 9.59 Å². The van der Waals surface area contributed by atoms with Crippen LogP contribution in [0.25, 0.3) is 0 Å². The first-order valence-electron chi connectivity index (χ1n) is 8.74. The summed E-state index contributed by atoms with van der Waals surface area (Å²) in [4.78, 5) is 23.0. The number of hydrogen-bond acceptors (Lipinski definition) is 4. The Hall–Kier alpha value is -2.82. The summed E-state index contributed by atoms with van der Waals surface area (Å²) < 4.78 is 11.1. The number of benzene rings is 2. The lowest BCUT2D eigenvalue weighted by Gasteiger charge is -2.09. The number of nitrogens with one attached hydrogen (secondary N) is 1. The predicted molar refractivity (Wildman–Crippen MR) is 101 cm³/mol. The van der Waals surface area contributed by atoms with Crippen molar-refractivity contribution in [2.24, 2.45) is 0 Å². The maximum Gasteiger partial charge on any atom is 0.220 e. The zero-order valence-corrected chi connectivity index (χ0v) is 15.3. The highest BCUT2D eigenvalue weighted by Gasteiger charge is 2.03. The normalized spacial score (nSPS) is 10.2. The molecule has 0 unspecified atom stereocenters. The molecule has 0 saturated carbocycles. The molecule has 0 aliphatic heterocycles. The van der Waals surface area contributed by atoms with Crippen LogP contribution in [-0.4, -0.2) is 31.4 Å². The second kappa shape index (κ2) is 10.2. The molecule has 0 aliphatic rings. The van der Waals surface area contributed by atoms with Crippen molar-refractivity contribution in [3.63, 3.8) is 0 Å². The Balaban J connectivity index is 1.54. The topological polar surface area (TPSA) is 64.6 Å². The fraction of sp³-hybridized carbons (Fsp3) is 0.333. The molecular formula is C21H25NO4. The minimum absolute atomic E-state index is 0.0203. The van der Waals surface area contributed by atoms with E-state index < -0.39 is 0 Å². The largest absolute Gasteiger partial charge is 0.494 e. The Bertz CT molecular complexity index is 708. The van der Waals surface area contributed by atoms with Crippen LogP contribution in [0.4, 0.5) is 0 Å². The highest BCUT2D eigenvalue weighted by atomic mass is 16.5. The first-order chi connectivity index (χ1) is 12.5. The van der Waals surface area contributed by atoms with E-state index in [-0.39, 0.29) is 11.7 Å². The van der Waals surface area contributed by atoms with E-state index in [4.69, 9.17) is 9.47 Å². The van der Waals surface area contributed by atoms with Crippen LogP contribution in [0.15, 0.2) is 48.5 Å². The van der Waals surface area contributed by atoms with E-state index in [1.165, 1.54) is 12.5 Å². The Morgan fingerprint density at radius 2 is 1.46 bits per heavy atom. The van der Waals surface area contributed by atoms with E-state index in [9.17, 15) is 9.59 Å². The summed E-state index contributed by atoms with van der Waals surface area (Å²) in [5.41, 5.74) is 1.84. The molecule has 0 spiro atoms. The molecule has 0 atom stereocenters. The van der Waals surface area contributed by atoms with Crippen molar-refractivity contribution < 1.29 is 19.1 Å². The molecule has 0 fully saturated rings. The van der Waals surface area contributed by atoms with Gasteiger partial charge in [0.2, 0.25) is 5.91 Å². The van der Waals surface area contributed by atoms with Crippen molar-refractivity contribution in [1.82, 2.24) is 5.32 Å². The lowest BCUT2D eigenvalue weighted by atomic mass is 10.1. The third kappa shape index (κ3) is 6.97. The van der Waals surface area contributed by atoms with Gasteiger partial charge in [-0.15, -0.1) is 0 Å². The minimum atomic E-state index is -0.0203. The minimum Gasteiger partial charge on any atom is -0.494 e. The maximum absolute atomic E-state index is 11.8. The fourth-order valence-corrected chi connectivity index (χ4v) is 2.29. The number of Topliss-reactive ketones (excluding diaryl/α,β-unsaturated/α-hetero) is 1. The summed E-state index contributed by atoms with van der Waals surface area (Å²) in [6.07, 6.45) is 1.02. The van der Waals surface area contributed by atoms with Gasteiger partial charge in [-0.2, -0.15) is 0 Å². The summed E-state index contributed by atoms with van der Waals surface area (Å²) in [5, 5.41) is 2.83. The van der Waals surface area contributed by atoms with Crippen LogP contribution >= 0.6 is 0 Å². The molecule has 2 aromatic rings. The molecule has 0 aromatic heterocycles. The number of carbonyl (C=O) groups excluding carboxylic acids is 2. The van der Waals surface area contributed by atoms with Gasteiger partial charge in [-0.05, 0) is 56.7 Å². The monoisotopic (exact) mass is 355 g/mol. The predicted octanol–water partition coefficient (Wildman–Crippen LogP) is 3.55. The quantitative estimate of drug-likeness (QED) is 0.523. The average Bonchev–Trinajstić information content (AvgIpc) is 2.64. The third-order valence-electron chi connectivity index (χ3n) is 3.79. The number of rotatable bonds is 10. The number of amides is 1. The molecule has 2 aromatic carbocycles. The number of aryl methyl sites for hydroxylation is 1. The zero-order valence-electron chi connectivity index (χ0n) is 15.3. The molecule has 138 valence electrons. The van der Waals surface area contributed by atoms with Crippen LogP contribution in [-0.2, 0) is 4.79 Å². The summed E-state index contributed by atoms with van der Waals surface area (Å²) in [7, 11) is 0. The van der Waals surface area contributed by atoms with E-state index in [1.54, 1.807) is 24.3 Å². The molecule has 1 amide bonds. The van der Waals surface area contributed by atoms with Crippen LogP contribution < -0.4 is 14.8 Å². The maximum atomic E-state index is 11.8. The van der Waals surface area contributed by atoms with Crippen molar-refractivity contribution in [2.45, 2.75) is 26.7 Å². The molecule has 5 heteroatoms. The van der Waals surface area contributed by atoms with Crippen LogP contribution in [0.1, 0.15) is 35.7 Å². The van der Waals surface area contributed by atoms with E-state index >= 15 is 0 Å². The summed E-state index contributed by atoms with van der Waals surface area (Å²) in [5.74, 6) is 1.50. The van der Waals surface area contributed by atoms with Gasteiger partial charge >= 0.3 is 0 Å². The van der Waals surface area contributed by atoms with Crippen molar-refractivity contribution in [2.75, 3.05) is 19.8 Å². The van der Waals surface area contributed by atoms with Crippen LogP contribution in [0.3, 0.4) is 0 Å². The second-order valence-electron chi connectivity index (χ2n) is 6.04. The van der Waals surface area contributed by atoms with Gasteiger partial charge in [0, 0.05) is 12.0 Å². The highest BCUT2D eigenvalue weighted by molar-refractivity contribution is 5.94. The molecule has 5 nitrogen and oxygen atoms in total. The molecule has 1 N–H and O–H groups in total. The summed E-state index contributed by atoms with van der Waals surface area (Å²) in [6, 6.07) is 14.8. The first-order valence-corrected chi connectivity index (χ1v) is 8.74. The molecule has 0 heterocycles. The molecule has 2 rings (SSSR count). The van der Waals surface area contributed by atoms with E-state index in [1.807, 2.05) is 31.2 Å². The highest BCUT2D eigenvalue weighted by Crippen LogP contribution is 2.13. The van der Waals surface area contributed by atoms with Gasteiger partial charge in [-0.25, -0.2) is 0 Å². The zero-order chi connectivity index (χ0) is 18.8.